The summed E-state index contributed by atoms with van der Waals surface area (Å²) >= 11 is 0. The number of esters is 1. The molecule has 1 fully saturated rings. The number of imide groups is 1. The van der Waals surface area contributed by atoms with Crippen molar-refractivity contribution in [2.75, 3.05) is 6.54 Å². The normalized spacial score (nSPS) is 16.5. The number of hydrogen-bond donors (Lipinski definition) is 1. The lowest BCUT2D eigenvalue weighted by atomic mass is 10.1. The van der Waals surface area contributed by atoms with E-state index in [0.717, 1.165) is 5.56 Å². The fourth-order valence-corrected chi connectivity index (χ4v) is 2.47. The van der Waals surface area contributed by atoms with Gasteiger partial charge in [-0.3, -0.25) is 0 Å². The first-order valence-corrected chi connectivity index (χ1v) is 8.90. The summed E-state index contributed by atoms with van der Waals surface area (Å²) in [5.74, 6) is -0.820. The maximum Gasteiger partial charge on any atom is 0.427 e. The van der Waals surface area contributed by atoms with Crippen LogP contribution >= 0.6 is 0 Å². The Labute approximate surface area is 162 Å². The van der Waals surface area contributed by atoms with Gasteiger partial charge in [-0.2, -0.15) is 4.90 Å². The van der Waals surface area contributed by atoms with E-state index in [0.29, 0.717) is 11.3 Å². The molecule has 1 atom stereocenters. The minimum absolute atomic E-state index is 0.0371. The first kappa shape index (κ1) is 21.2. The van der Waals surface area contributed by atoms with Gasteiger partial charge < -0.3 is 19.5 Å². The molecule has 0 radical (unpaired) electrons. The number of rotatable bonds is 6. The molecule has 2 rings (SSSR count). The van der Waals surface area contributed by atoms with E-state index in [-0.39, 0.29) is 19.6 Å². The van der Waals surface area contributed by atoms with E-state index in [1.807, 2.05) is 6.07 Å². The minimum Gasteiger partial charge on any atom is -0.444 e. The SMILES string of the molecule is CC(C)(C)OC(=O)NCCC[C@@H]1C(=O)OC(=O)N1C(=O)OCc1ccccc1. The van der Waals surface area contributed by atoms with E-state index in [9.17, 15) is 19.2 Å². The number of carbonyl (C=O) groups excluding carboxylic acids is 4. The van der Waals surface area contributed by atoms with Crippen molar-refractivity contribution in [1.82, 2.24) is 10.2 Å². The summed E-state index contributed by atoms with van der Waals surface area (Å²) in [6.07, 6.45) is -2.15. The molecule has 1 N–H and O–H groups in total. The van der Waals surface area contributed by atoms with Crippen LogP contribution in [0.1, 0.15) is 39.2 Å². The van der Waals surface area contributed by atoms with Crippen molar-refractivity contribution in [3.8, 4) is 0 Å². The lowest BCUT2D eigenvalue weighted by Crippen LogP contribution is -2.41. The van der Waals surface area contributed by atoms with Crippen molar-refractivity contribution in [2.45, 2.75) is 51.9 Å². The molecule has 9 heteroatoms. The standard InChI is InChI=1S/C19H24N2O7/c1-19(2,3)28-16(23)20-11-7-10-14-15(22)27-18(25)21(14)17(24)26-12-13-8-5-4-6-9-13/h4-6,8-9,14H,7,10-12H2,1-3H3,(H,20,23)/t14-/m1/s1. The number of cyclic esters (lactones) is 2. The van der Waals surface area contributed by atoms with Gasteiger partial charge in [0.1, 0.15) is 18.2 Å². The molecular formula is C19H24N2O7. The number of nitrogens with one attached hydrogen (secondary N) is 1. The van der Waals surface area contributed by atoms with Gasteiger partial charge in [0, 0.05) is 6.54 Å². The third-order valence-electron chi connectivity index (χ3n) is 3.69. The summed E-state index contributed by atoms with van der Waals surface area (Å²) in [5, 5.41) is 2.55. The highest BCUT2D eigenvalue weighted by Crippen LogP contribution is 2.20. The zero-order valence-electron chi connectivity index (χ0n) is 16.1. The molecule has 152 valence electrons. The molecule has 0 aliphatic carbocycles. The topological polar surface area (TPSA) is 111 Å². The van der Waals surface area contributed by atoms with Crippen LogP contribution in [0.2, 0.25) is 0 Å². The highest BCUT2D eigenvalue weighted by atomic mass is 16.6. The maximum absolute atomic E-state index is 12.2. The Morgan fingerprint density at radius 3 is 2.50 bits per heavy atom. The molecule has 1 heterocycles. The highest BCUT2D eigenvalue weighted by molar-refractivity contribution is 6.03. The molecule has 0 aromatic heterocycles. The van der Waals surface area contributed by atoms with Gasteiger partial charge in [0.05, 0.1) is 0 Å². The van der Waals surface area contributed by atoms with Crippen LogP contribution in [-0.2, 0) is 25.6 Å². The molecule has 28 heavy (non-hydrogen) atoms. The Kier molecular flexibility index (Phi) is 6.97. The van der Waals surface area contributed by atoms with Crippen molar-refractivity contribution in [1.29, 1.82) is 0 Å². The van der Waals surface area contributed by atoms with Crippen LogP contribution in [-0.4, -0.2) is 47.3 Å². The molecular weight excluding hydrogens is 368 g/mol. The van der Waals surface area contributed by atoms with Gasteiger partial charge in [-0.15, -0.1) is 0 Å². The monoisotopic (exact) mass is 392 g/mol. The first-order valence-electron chi connectivity index (χ1n) is 8.90. The zero-order valence-corrected chi connectivity index (χ0v) is 16.1. The first-order chi connectivity index (χ1) is 13.2. The number of carbonyl (C=O) groups is 4. The van der Waals surface area contributed by atoms with Crippen LogP contribution in [0.25, 0.3) is 0 Å². The highest BCUT2D eigenvalue weighted by Gasteiger charge is 2.45. The largest absolute Gasteiger partial charge is 0.444 e. The van der Waals surface area contributed by atoms with Gasteiger partial charge in [0.25, 0.3) is 0 Å². The van der Waals surface area contributed by atoms with Gasteiger partial charge in [0.15, 0.2) is 0 Å². The molecule has 0 unspecified atom stereocenters. The summed E-state index contributed by atoms with van der Waals surface area (Å²) in [4.78, 5) is 48.2. The summed E-state index contributed by atoms with van der Waals surface area (Å²) in [6, 6.07) is 7.84. The second-order valence-corrected chi connectivity index (χ2v) is 7.18. The molecule has 0 bridgehead atoms. The van der Waals surface area contributed by atoms with Crippen LogP contribution in [0, 0.1) is 0 Å². The smallest absolute Gasteiger partial charge is 0.427 e. The molecule has 0 saturated carbocycles. The average molecular weight is 392 g/mol. The number of nitrogens with zero attached hydrogens (tertiary/aromatic N) is 1. The number of amides is 3. The number of hydrogen-bond acceptors (Lipinski definition) is 7. The van der Waals surface area contributed by atoms with Gasteiger partial charge in [-0.25, -0.2) is 19.2 Å². The fourth-order valence-electron chi connectivity index (χ4n) is 2.47. The number of alkyl carbamates (subject to hydrolysis) is 1. The van der Waals surface area contributed by atoms with Crippen LogP contribution in [0.5, 0.6) is 0 Å². The van der Waals surface area contributed by atoms with Gasteiger partial charge in [0.2, 0.25) is 0 Å². The molecule has 9 nitrogen and oxygen atoms in total. The van der Waals surface area contributed by atoms with Crippen molar-refractivity contribution in [2.24, 2.45) is 0 Å². The van der Waals surface area contributed by atoms with E-state index in [2.05, 4.69) is 10.1 Å². The summed E-state index contributed by atoms with van der Waals surface area (Å²) in [6.45, 7) is 5.40. The minimum atomic E-state index is -1.09. The van der Waals surface area contributed by atoms with E-state index in [1.54, 1.807) is 45.0 Å². The van der Waals surface area contributed by atoms with Gasteiger partial charge in [-0.1, -0.05) is 30.3 Å². The lowest BCUT2D eigenvalue weighted by Gasteiger charge is -2.20. The van der Waals surface area contributed by atoms with Crippen molar-refractivity contribution < 1.29 is 33.4 Å². The summed E-state index contributed by atoms with van der Waals surface area (Å²) in [7, 11) is 0. The Bertz CT molecular complexity index is 728. The summed E-state index contributed by atoms with van der Waals surface area (Å²) < 4.78 is 14.7. The Balaban J connectivity index is 1.84. The van der Waals surface area contributed by atoms with E-state index in [1.165, 1.54) is 0 Å². The fraction of sp³-hybridized carbons (Fsp3) is 0.474. The average Bonchev–Trinajstić information content (AvgIpc) is 2.89. The van der Waals surface area contributed by atoms with E-state index >= 15 is 0 Å². The lowest BCUT2D eigenvalue weighted by molar-refractivity contribution is -0.136. The van der Waals surface area contributed by atoms with Crippen LogP contribution < -0.4 is 5.32 Å². The third-order valence-corrected chi connectivity index (χ3v) is 3.69. The molecule has 1 aromatic carbocycles. The van der Waals surface area contributed by atoms with Crippen molar-refractivity contribution in [3.05, 3.63) is 35.9 Å². The molecule has 3 amide bonds. The van der Waals surface area contributed by atoms with E-state index in [4.69, 9.17) is 9.47 Å². The zero-order chi connectivity index (χ0) is 20.7. The number of ether oxygens (including phenoxy) is 3. The molecule has 1 aliphatic heterocycles. The Hall–Kier alpha value is -3.10. The quantitative estimate of drug-likeness (QED) is 0.343. The molecule has 0 spiro atoms. The van der Waals surface area contributed by atoms with E-state index < -0.39 is 35.9 Å². The van der Waals surface area contributed by atoms with Crippen molar-refractivity contribution >= 4 is 24.2 Å². The predicted octanol–water partition coefficient (Wildman–Crippen LogP) is 2.98. The maximum atomic E-state index is 12.2. The second kappa shape index (κ2) is 9.20. The van der Waals surface area contributed by atoms with Gasteiger partial charge >= 0.3 is 24.2 Å². The predicted molar refractivity (Wildman–Crippen MR) is 97.2 cm³/mol. The van der Waals surface area contributed by atoms with Crippen LogP contribution in [0.3, 0.4) is 0 Å². The third kappa shape index (κ3) is 6.26. The molecule has 1 aromatic rings. The number of benzene rings is 1. The second-order valence-electron chi connectivity index (χ2n) is 7.18. The Morgan fingerprint density at radius 2 is 1.86 bits per heavy atom. The summed E-state index contributed by atoms with van der Waals surface area (Å²) in [5.41, 5.74) is 0.123. The Morgan fingerprint density at radius 1 is 1.18 bits per heavy atom. The van der Waals surface area contributed by atoms with Gasteiger partial charge in [-0.05, 0) is 39.2 Å². The van der Waals surface area contributed by atoms with Crippen LogP contribution in [0.4, 0.5) is 14.4 Å². The molecule has 1 saturated heterocycles. The van der Waals surface area contributed by atoms with Crippen LogP contribution in [0.15, 0.2) is 30.3 Å². The van der Waals surface area contributed by atoms with Crippen molar-refractivity contribution in [3.63, 3.8) is 0 Å². The molecule has 1 aliphatic rings.